The van der Waals surface area contributed by atoms with Gasteiger partial charge in [0.2, 0.25) is 0 Å². The standard InChI is InChI=1S/C12H15N3O2/c13-11-10(8-9-4-2-1-3-5-9)14-6-7-15(11)12(16)17/h1-5,8,11,14H,6-7,13H2,(H,16,17). The van der Waals surface area contributed by atoms with Gasteiger partial charge >= 0.3 is 6.09 Å². The van der Waals surface area contributed by atoms with Gasteiger partial charge in [-0.1, -0.05) is 30.3 Å². The Hall–Kier alpha value is -2.01. The minimum absolute atomic E-state index is 0.405. The van der Waals surface area contributed by atoms with Crippen LogP contribution in [0.4, 0.5) is 4.79 Å². The summed E-state index contributed by atoms with van der Waals surface area (Å²) in [5, 5.41) is 12.1. The second kappa shape index (κ2) is 4.88. The molecule has 1 aromatic rings. The first-order valence-corrected chi connectivity index (χ1v) is 5.44. The summed E-state index contributed by atoms with van der Waals surface area (Å²) in [7, 11) is 0. The van der Waals surface area contributed by atoms with Crippen molar-refractivity contribution in [3.05, 3.63) is 41.6 Å². The molecule has 1 heterocycles. The van der Waals surface area contributed by atoms with E-state index >= 15 is 0 Å². The summed E-state index contributed by atoms with van der Waals surface area (Å²) in [5.41, 5.74) is 7.61. The second-order valence-corrected chi connectivity index (χ2v) is 3.86. The van der Waals surface area contributed by atoms with Crippen LogP contribution in [-0.2, 0) is 0 Å². The lowest BCUT2D eigenvalue weighted by atomic mass is 10.1. The molecule has 1 unspecified atom stereocenters. The van der Waals surface area contributed by atoms with E-state index in [4.69, 9.17) is 10.8 Å². The van der Waals surface area contributed by atoms with Gasteiger partial charge < -0.3 is 16.2 Å². The largest absolute Gasteiger partial charge is 0.465 e. The van der Waals surface area contributed by atoms with Crippen LogP contribution in [0.25, 0.3) is 6.08 Å². The highest BCUT2D eigenvalue weighted by atomic mass is 16.4. The lowest BCUT2D eigenvalue weighted by Crippen LogP contribution is -2.55. The van der Waals surface area contributed by atoms with E-state index in [1.54, 1.807) is 0 Å². The second-order valence-electron chi connectivity index (χ2n) is 3.86. The smallest absolute Gasteiger partial charge is 0.408 e. The van der Waals surface area contributed by atoms with Crippen molar-refractivity contribution >= 4 is 12.2 Å². The van der Waals surface area contributed by atoms with Crippen LogP contribution >= 0.6 is 0 Å². The molecule has 1 atom stereocenters. The monoisotopic (exact) mass is 233 g/mol. The van der Waals surface area contributed by atoms with E-state index < -0.39 is 12.3 Å². The zero-order chi connectivity index (χ0) is 12.3. The molecule has 1 saturated heterocycles. The van der Waals surface area contributed by atoms with Gasteiger partial charge in [0.05, 0.1) is 0 Å². The zero-order valence-electron chi connectivity index (χ0n) is 9.34. The molecule has 0 bridgehead atoms. The highest BCUT2D eigenvalue weighted by molar-refractivity contribution is 5.67. The number of benzene rings is 1. The average Bonchev–Trinajstić information content (AvgIpc) is 2.33. The van der Waals surface area contributed by atoms with Gasteiger partial charge in [-0.25, -0.2) is 4.79 Å². The van der Waals surface area contributed by atoms with Crippen LogP contribution in [0.5, 0.6) is 0 Å². The maximum absolute atomic E-state index is 11.0. The van der Waals surface area contributed by atoms with E-state index in [2.05, 4.69) is 5.32 Å². The molecular weight excluding hydrogens is 218 g/mol. The topological polar surface area (TPSA) is 78.6 Å². The van der Waals surface area contributed by atoms with Gasteiger partial charge in [0.1, 0.15) is 6.17 Å². The maximum atomic E-state index is 11.0. The summed E-state index contributed by atoms with van der Waals surface area (Å²) in [4.78, 5) is 12.2. The molecule has 0 radical (unpaired) electrons. The van der Waals surface area contributed by atoms with Crippen molar-refractivity contribution in [1.82, 2.24) is 10.2 Å². The molecule has 0 spiro atoms. The number of hydrogen-bond acceptors (Lipinski definition) is 3. The number of carboxylic acid groups (broad SMARTS) is 1. The molecule has 1 aromatic carbocycles. The number of nitrogens with zero attached hydrogens (tertiary/aromatic N) is 1. The molecule has 0 aromatic heterocycles. The Morgan fingerprint density at radius 1 is 1.47 bits per heavy atom. The Balaban J connectivity index is 2.21. The number of nitrogens with two attached hydrogens (primary N) is 1. The molecule has 2 rings (SSSR count). The van der Waals surface area contributed by atoms with Gasteiger partial charge in [0.15, 0.2) is 0 Å². The predicted octanol–water partition coefficient (Wildman–Crippen LogP) is 0.895. The Morgan fingerprint density at radius 3 is 2.82 bits per heavy atom. The van der Waals surface area contributed by atoms with E-state index in [1.807, 2.05) is 36.4 Å². The Kier molecular flexibility index (Phi) is 3.30. The van der Waals surface area contributed by atoms with Crippen LogP contribution in [0.3, 0.4) is 0 Å². The summed E-state index contributed by atoms with van der Waals surface area (Å²) < 4.78 is 0. The molecule has 0 saturated carbocycles. The van der Waals surface area contributed by atoms with Gasteiger partial charge in [0, 0.05) is 18.8 Å². The highest BCUT2D eigenvalue weighted by Crippen LogP contribution is 2.12. The van der Waals surface area contributed by atoms with Gasteiger partial charge in [-0.3, -0.25) is 4.90 Å². The summed E-state index contributed by atoms with van der Waals surface area (Å²) in [5.74, 6) is 0. The first kappa shape index (κ1) is 11.5. The van der Waals surface area contributed by atoms with Gasteiger partial charge in [-0.15, -0.1) is 0 Å². The fourth-order valence-electron chi connectivity index (χ4n) is 1.81. The van der Waals surface area contributed by atoms with Gasteiger partial charge in [-0.2, -0.15) is 0 Å². The van der Waals surface area contributed by atoms with E-state index in [-0.39, 0.29) is 0 Å². The average molecular weight is 233 g/mol. The van der Waals surface area contributed by atoms with E-state index in [0.29, 0.717) is 13.1 Å². The predicted molar refractivity (Wildman–Crippen MR) is 65.1 cm³/mol. The molecule has 1 amide bonds. The third kappa shape index (κ3) is 2.57. The number of hydrogen-bond donors (Lipinski definition) is 3. The summed E-state index contributed by atoms with van der Waals surface area (Å²) in [6, 6.07) is 9.67. The van der Waals surface area contributed by atoms with Crippen molar-refractivity contribution in [3.8, 4) is 0 Å². The normalized spacial score (nSPS) is 22.3. The van der Waals surface area contributed by atoms with E-state index in [0.717, 1.165) is 11.3 Å². The van der Waals surface area contributed by atoms with Gasteiger partial charge in [0.25, 0.3) is 0 Å². The Morgan fingerprint density at radius 2 is 2.18 bits per heavy atom. The molecule has 5 nitrogen and oxygen atoms in total. The number of amides is 1. The SMILES string of the molecule is NC1C(=Cc2ccccc2)NCCN1C(=O)O. The molecule has 5 heteroatoms. The van der Waals surface area contributed by atoms with Crippen LogP contribution < -0.4 is 11.1 Å². The van der Waals surface area contributed by atoms with Crippen LogP contribution in [0.1, 0.15) is 5.56 Å². The van der Waals surface area contributed by atoms with Crippen molar-refractivity contribution in [1.29, 1.82) is 0 Å². The number of piperazine rings is 1. The Bertz CT molecular complexity index is 431. The minimum Gasteiger partial charge on any atom is -0.465 e. The molecule has 17 heavy (non-hydrogen) atoms. The Labute approximate surface area is 99.5 Å². The van der Waals surface area contributed by atoms with E-state index in [9.17, 15) is 4.79 Å². The van der Waals surface area contributed by atoms with Crippen molar-refractivity contribution in [2.45, 2.75) is 6.17 Å². The van der Waals surface area contributed by atoms with Crippen molar-refractivity contribution in [2.75, 3.05) is 13.1 Å². The quantitative estimate of drug-likeness (QED) is 0.673. The summed E-state index contributed by atoms with van der Waals surface area (Å²) in [6.07, 6.45) is 0.263. The van der Waals surface area contributed by atoms with Crippen LogP contribution in [-0.4, -0.2) is 35.4 Å². The summed E-state index contributed by atoms with van der Waals surface area (Å²) in [6.45, 7) is 0.987. The third-order valence-electron chi connectivity index (χ3n) is 2.70. The number of nitrogens with one attached hydrogen (secondary N) is 1. The molecule has 0 aliphatic carbocycles. The zero-order valence-corrected chi connectivity index (χ0v) is 9.34. The lowest BCUT2D eigenvalue weighted by molar-refractivity contribution is 0.125. The lowest BCUT2D eigenvalue weighted by Gasteiger charge is -2.33. The molecular formula is C12H15N3O2. The highest BCUT2D eigenvalue weighted by Gasteiger charge is 2.26. The molecule has 1 aliphatic rings. The van der Waals surface area contributed by atoms with Crippen LogP contribution in [0.2, 0.25) is 0 Å². The van der Waals surface area contributed by atoms with Crippen molar-refractivity contribution in [2.24, 2.45) is 5.73 Å². The molecule has 90 valence electrons. The fraction of sp³-hybridized carbons (Fsp3) is 0.250. The molecule has 1 fully saturated rings. The van der Waals surface area contributed by atoms with Gasteiger partial charge in [-0.05, 0) is 11.6 Å². The molecule has 4 N–H and O–H groups in total. The van der Waals surface area contributed by atoms with Crippen LogP contribution in [0, 0.1) is 0 Å². The first-order chi connectivity index (χ1) is 8.18. The summed E-state index contributed by atoms with van der Waals surface area (Å²) >= 11 is 0. The third-order valence-corrected chi connectivity index (χ3v) is 2.70. The first-order valence-electron chi connectivity index (χ1n) is 5.44. The van der Waals surface area contributed by atoms with E-state index in [1.165, 1.54) is 4.90 Å². The molecule has 1 aliphatic heterocycles. The van der Waals surface area contributed by atoms with Crippen LogP contribution in [0.15, 0.2) is 36.0 Å². The van der Waals surface area contributed by atoms with Crippen molar-refractivity contribution in [3.63, 3.8) is 0 Å². The number of carbonyl (C=O) groups is 1. The fourth-order valence-corrected chi connectivity index (χ4v) is 1.81. The van der Waals surface area contributed by atoms with Crippen molar-refractivity contribution < 1.29 is 9.90 Å². The number of rotatable bonds is 1. The maximum Gasteiger partial charge on any atom is 0.408 e. The minimum atomic E-state index is -0.988.